The van der Waals surface area contributed by atoms with Crippen molar-refractivity contribution in [1.82, 2.24) is 25.6 Å². The first-order valence-electron chi connectivity index (χ1n) is 8.82. The van der Waals surface area contributed by atoms with Gasteiger partial charge in [-0.2, -0.15) is 21.3 Å². The smallest absolute Gasteiger partial charge is 0.249 e. The Morgan fingerprint density at radius 2 is 1.86 bits per heavy atom. The minimum Gasteiger partial charge on any atom is -0.345 e. The van der Waals surface area contributed by atoms with Crippen LogP contribution in [0.15, 0.2) is 50.1 Å². The Bertz CT molecular complexity index is 1090. The molecule has 0 aliphatic heterocycles. The summed E-state index contributed by atoms with van der Waals surface area (Å²) in [5.41, 5.74) is 1.51. The summed E-state index contributed by atoms with van der Waals surface area (Å²) in [6.07, 6.45) is 0.495. The predicted molar refractivity (Wildman–Crippen MR) is 102 cm³/mol. The van der Waals surface area contributed by atoms with Crippen LogP contribution in [-0.2, 0) is 11.2 Å². The number of nitrogens with one attached hydrogen (secondary N) is 1. The minimum absolute atomic E-state index is 0.175. The van der Waals surface area contributed by atoms with Crippen molar-refractivity contribution >= 4 is 17.2 Å². The molecule has 0 aliphatic carbocycles. The van der Waals surface area contributed by atoms with Crippen molar-refractivity contribution in [3.63, 3.8) is 0 Å². The molecule has 4 rings (SSSR count). The first kappa shape index (κ1) is 18.9. The van der Waals surface area contributed by atoms with E-state index in [1.54, 1.807) is 30.4 Å². The Morgan fingerprint density at radius 1 is 1.10 bits per heavy atom. The van der Waals surface area contributed by atoms with Crippen LogP contribution < -0.4 is 5.32 Å². The zero-order valence-electron chi connectivity index (χ0n) is 15.3. The zero-order valence-corrected chi connectivity index (χ0v) is 16.1. The molecule has 1 amide bonds. The number of nitrogens with zero attached hydrogens (tertiary/aromatic N) is 4. The summed E-state index contributed by atoms with van der Waals surface area (Å²) in [5, 5.41) is 14.4. The van der Waals surface area contributed by atoms with Crippen molar-refractivity contribution in [2.45, 2.75) is 25.8 Å². The van der Waals surface area contributed by atoms with Crippen molar-refractivity contribution in [2.24, 2.45) is 0 Å². The van der Waals surface area contributed by atoms with Gasteiger partial charge in [-0.25, -0.2) is 4.39 Å². The lowest BCUT2D eigenvalue weighted by molar-refractivity contribution is -0.121. The summed E-state index contributed by atoms with van der Waals surface area (Å²) in [5.74, 6) is 0.929. The number of carbonyl (C=O) groups excluding carboxylic acids is 1. The number of aryl methyl sites for hydroxylation is 1. The highest BCUT2D eigenvalue weighted by atomic mass is 32.1. The molecule has 0 saturated carbocycles. The van der Waals surface area contributed by atoms with E-state index in [-0.39, 0.29) is 24.0 Å². The van der Waals surface area contributed by atoms with Gasteiger partial charge in [0.1, 0.15) is 11.9 Å². The molecule has 3 aromatic heterocycles. The van der Waals surface area contributed by atoms with Gasteiger partial charge < -0.3 is 14.4 Å². The van der Waals surface area contributed by atoms with Crippen LogP contribution >= 0.6 is 11.3 Å². The number of amides is 1. The highest BCUT2D eigenvalue weighted by molar-refractivity contribution is 7.08. The average molecular weight is 413 g/mol. The molecule has 29 heavy (non-hydrogen) atoms. The monoisotopic (exact) mass is 413 g/mol. The van der Waals surface area contributed by atoms with Crippen LogP contribution in [0.5, 0.6) is 0 Å². The number of rotatable bonds is 7. The van der Waals surface area contributed by atoms with Gasteiger partial charge in [-0.1, -0.05) is 10.3 Å². The van der Waals surface area contributed by atoms with E-state index in [0.29, 0.717) is 29.5 Å². The van der Waals surface area contributed by atoms with Crippen molar-refractivity contribution in [1.29, 1.82) is 0 Å². The second kappa shape index (κ2) is 8.31. The van der Waals surface area contributed by atoms with Gasteiger partial charge in [0, 0.05) is 29.3 Å². The fourth-order valence-corrected chi connectivity index (χ4v) is 3.22. The summed E-state index contributed by atoms with van der Waals surface area (Å²) in [6, 6.07) is 7.17. The van der Waals surface area contributed by atoms with Gasteiger partial charge in [0.15, 0.2) is 0 Å². The Labute approximate surface area is 168 Å². The number of hydrogen-bond donors (Lipinski definition) is 1. The van der Waals surface area contributed by atoms with E-state index < -0.39 is 6.04 Å². The molecule has 10 heteroatoms. The molecular formula is C19H16FN5O3S. The first-order chi connectivity index (χ1) is 14.1. The van der Waals surface area contributed by atoms with Crippen molar-refractivity contribution < 1.29 is 18.2 Å². The number of carbonyl (C=O) groups is 1. The van der Waals surface area contributed by atoms with Crippen LogP contribution in [-0.4, -0.2) is 26.2 Å². The molecular weight excluding hydrogens is 397 g/mol. The molecule has 3 heterocycles. The maximum Gasteiger partial charge on any atom is 0.249 e. The maximum absolute atomic E-state index is 13.0. The summed E-state index contributed by atoms with van der Waals surface area (Å²) in [6.45, 7) is 1.74. The summed E-state index contributed by atoms with van der Waals surface area (Å²) in [7, 11) is 0. The van der Waals surface area contributed by atoms with Crippen LogP contribution in [0.1, 0.15) is 31.2 Å². The van der Waals surface area contributed by atoms with E-state index in [4.69, 9.17) is 9.05 Å². The number of aromatic nitrogens is 4. The molecule has 1 unspecified atom stereocenters. The molecule has 4 aromatic rings. The standard InChI is InChI=1S/C19H16FN5O3S/c1-11(19-23-17(25-28-19)12-2-4-14(20)5-3-12)21-15(26)6-7-16-22-18(24-27-16)13-8-9-29-10-13/h2-5,8-11H,6-7H2,1H3,(H,21,26). The molecule has 0 aliphatic rings. The molecule has 8 nitrogen and oxygen atoms in total. The van der Waals surface area contributed by atoms with Crippen LogP contribution in [0.4, 0.5) is 4.39 Å². The molecule has 0 spiro atoms. The lowest BCUT2D eigenvalue weighted by Crippen LogP contribution is -2.27. The van der Waals surface area contributed by atoms with Gasteiger partial charge in [-0.3, -0.25) is 4.79 Å². The second-order valence-corrected chi connectivity index (χ2v) is 7.06. The van der Waals surface area contributed by atoms with E-state index in [9.17, 15) is 9.18 Å². The Balaban J connectivity index is 1.31. The zero-order chi connectivity index (χ0) is 20.2. The first-order valence-corrected chi connectivity index (χ1v) is 9.77. The lowest BCUT2D eigenvalue weighted by atomic mass is 10.2. The topological polar surface area (TPSA) is 107 Å². The van der Waals surface area contributed by atoms with E-state index in [1.807, 2.05) is 16.8 Å². The fraction of sp³-hybridized carbons (Fsp3) is 0.211. The summed E-state index contributed by atoms with van der Waals surface area (Å²) in [4.78, 5) is 20.8. The normalized spacial score (nSPS) is 12.1. The largest absolute Gasteiger partial charge is 0.345 e. The minimum atomic E-state index is -0.478. The van der Waals surface area contributed by atoms with Crippen LogP contribution in [0, 0.1) is 5.82 Å². The SMILES string of the molecule is CC(NC(=O)CCc1nc(-c2ccsc2)no1)c1nc(-c2ccc(F)cc2)no1. The molecule has 148 valence electrons. The molecule has 0 fully saturated rings. The van der Waals surface area contributed by atoms with Gasteiger partial charge in [0.25, 0.3) is 0 Å². The van der Waals surface area contributed by atoms with Crippen LogP contribution in [0.3, 0.4) is 0 Å². The number of thiophene rings is 1. The third-order valence-electron chi connectivity index (χ3n) is 4.11. The molecule has 0 bridgehead atoms. The Hall–Kier alpha value is -3.40. The highest BCUT2D eigenvalue weighted by Crippen LogP contribution is 2.20. The highest BCUT2D eigenvalue weighted by Gasteiger charge is 2.18. The Kier molecular flexibility index (Phi) is 5.43. The van der Waals surface area contributed by atoms with E-state index in [2.05, 4.69) is 25.6 Å². The van der Waals surface area contributed by atoms with E-state index in [1.165, 1.54) is 12.1 Å². The third-order valence-corrected chi connectivity index (χ3v) is 4.79. The predicted octanol–water partition coefficient (Wildman–Crippen LogP) is 3.80. The molecule has 0 saturated heterocycles. The van der Waals surface area contributed by atoms with Crippen LogP contribution in [0.25, 0.3) is 22.8 Å². The second-order valence-electron chi connectivity index (χ2n) is 6.28. The lowest BCUT2D eigenvalue weighted by Gasteiger charge is -2.08. The number of hydrogen-bond acceptors (Lipinski definition) is 8. The van der Waals surface area contributed by atoms with Gasteiger partial charge >= 0.3 is 0 Å². The maximum atomic E-state index is 13.0. The van der Waals surface area contributed by atoms with E-state index >= 15 is 0 Å². The molecule has 0 radical (unpaired) electrons. The average Bonchev–Trinajstić information content (AvgIpc) is 3.48. The van der Waals surface area contributed by atoms with Gasteiger partial charge in [0.2, 0.25) is 29.3 Å². The van der Waals surface area contributed by atoms with Gasteiger partial charge in [-0.05, 0) is 42.6 Å². The Morgan fingerprint density at radius 3 is 2.62 bits per heavy atom. The quantitative estimate of drug-likeness (QED) is 0.491. The summed E-state index contributed by atoms with van der Waals surface area (Å²) >= 11 is 1.55. The van der Waals surface area contributed by atoms with Gasteiger partial charge in [-0.15, -0.1) is 0 Å². The van der Waals surface area contributed by atoms with Crippen molar-refractivity contribution in [3.05, 3.63) is 58.7 Å². The van der Waals surface area contributed by atoms with Gasteiger partial charge in [0.05, 0.1) is 0 Å². The number of benzene rings is 1. The third kappa shape index (κ3) is 4.54. The molecule has 1 atom stereocenters. The number of halogens is 1. The van der Waals surface area contributed by atoms with Crippen molar-refractivity contribution in [3.8, 4) is 22.8 Å². The van der Waals surface area contributed by atoms with Crippen LogP contribution in [0.2, 0.25) is 0 Å². The molecule has 1 aromatic carbocycles. The van der Waals surface area contributed by atoms with E-state index in [0.717, 1.165) is 5.56 Å². The fourth-order valence-electron chi connectivity index (χ4n) is 2.59. The van der Waals surface area contributed by atoms with Crippen molar-refractivity contribution in [2.75, 3.05) is 0 Å². The molecule has 1 N–H and O–H groups in total. The summed E-state index contributed by atoms with van der Waals surface area (Å²) < 4.78 is 23.4.